The third kappa shape index (κ3) is 1.41. The van der Waals surface area contributed by atoms with Crippen molar-refractivity contribution < 1.29 is 12.8 Å². The van der Waals surface area contributed by atoms with Crippen molar-refractivity contribution in [3.8, 4) is 6.07 Å². The third-order valence-electron chi connectivity index (χ3n) is 2.55. The van der Waals surface area contributed by atoms with E-state index in [0.29, 0.717) is 12.8 Å². The first-order valence-electron chi connectivity index (χ1n) is 4.43. The molecule has 0 N–H and O–H groups in total. The fraction of sp³-hybridized carbons (Fsp3) is 0.300. The highest BCUT2D eigenvalue weighted by molar-refractivity contribution is 7.93. The highest BCUT2D eigenvalue weighted by Gasteiger charge is 2.55. The molecule has 78 valence electrons. The maximum atomic E-state index is 12.6. The number of sulfone groups is 1. The van der Waals surface area contributed by atoms with E-state index in [4.69, 9.17) is 5.26 Å². The lowest BCUT2D eigenvalue weighted by Gasteiger charge is -2.07. The van der Waals surface area contributed by atoms with E-state index in [1.165, 1.54) is 12.1 Å². The van der Waals surface area contributed by atoms with E-state index in [1.807, 2.05) is 6.07 Å². The van der Waals surface area contributed by atoms with Gasteiger partial charge in [-0.05, 0) is 37.1 Å². The Labute approximate surface area is 87.1 Å². The molecule has 0 bridgehead atoms. The average Bonchev–Trinajstić information content (AvgIpc) is 2.99. The molecule has 0 aliphatic heterocycles. The molecule has 3 nitrogen and oxygen atoms in total. The van der Waals surface area contributed by atoms with Crippen LogP contribution in [0.4, 0.5) is 4.39 Å². The number of nitrogens with zero attached hydrogens (tertiary/aromatic N) is 1. The van der Waals surface area contributed by atoms with Crippen molar-refractivity contribution in [2.45, 2.75) is 22.5 Å². The first-order valence-corrected chi connectivity index (χ1v) is 5.92. The Balaban J connectivity index is 2.48. The molecule has 1 saturated carbocycles. The molecule has 5 heteroatoms. The highest BCUT2D eigenvalue weighted by atomic mass is 32.2. The smallest absolute Gasteiger partial charge is 0.197 e. The van der Waals surface area contributed by atoms with Crippen LogP contribution < -0.4 is 0 Å². The number of hydrogen-bond acceptors (Lipinski definition) is 3. The molecule has 1 aromatic rings. The molecule has 0 unspecified atom stereocenters. The van der Waals surface area contributed by atoms with Crippen molar-refractivity contribution in [1.29, 1.82) is 5.26 Å². The minimum Gasteiger partial charge on any atom is -0.222 e. The summed E-state index contributed by atoms with van der Waals surface area (Å²) in [6.07, 6.45) is 0.729. The van der Waals surface area contributed by atoms with E-state index in [9.17, 15) is 12.8 Å². The van der Waals surface area contributed by atoms with Crippen LogP contribution in [-0.4, -0.2) is 13.2 Å². The van der Waals surface area contributed by atoms with Gasteiger partial charge < -0.3 is 0 Å². The number of rotatable bonds is 2. The van der Waals surface area contributed by atoms with Gasteiger partial charge in [0.25, 0.3) is 0 Å². The van der Waals surface area contributed by atoms with E-state index in [1.54, 1.807) is 0 Å². The summed E-state index contributed by atoms with van der Waals surface area (Å²) in [5.74, 6) is -0.490. The molecule has 1 fully saturated rings. The highest BCUT2D eigenvalue weighted by Crippen LogP contribution is 2.46. The van der Waals surface area contributed by atoms with E-state index >= 15 is 0 Å². The lowest BCUT2D eigenvalue weighted by molar-refractivity contribution is 0.587. The fourth-order valence-corrected chi connectivity index (χ4v) is 3.10. The summed E-state index contributed by atoms with van der Waals surface area (Å²) >= 11 is 0. The zero-order chi connectivity index (χ0) is 11.1. The normalized spacial score (nSPS) is 18.1. The van der Waals surface area contributed by atoms with Crippen LogP contribution in [0.2, 0.25) is 0 Å². The number of hydrogen-bond donors (Lipinski definition) is 0. The monoisotopic (exact) mass is 225 g/mol. The third-order valence-corrected chi connectivity index (χ3v) is 4.97. The van der Waals surface area contributed by atoms with Gasteiger partial charge in [0.15, 0.2) is 14.6 Å². The summed E-state index contributed by atoms with van der Waals surface area (Å²) in [6.45, 7) is 0. The molecule has 15 heavy (non-hydrogen) atoms. The molecule has 0 saturated heterocycles. The Hall–Kier alpha value is -1.41. The number of benzene rings is 1. The molecule has 1 aliphatic rings. The summed E-state index contributed by atoms with van der Waals surface area (Å²) < 4.78 is 35.2. The van der Waals surface area contributed by atoms with Gasteiger partial charge in [0.05, 0.1) is 11.0 Å². The molecule has 0 amide bonds. The van der Waals surface area contributed by atoms with Gasteiger partial charge >= 0.3 is 0 Å². The van der Waals surface area contributed by atoms with Crippen LogP contribution in [0.5, 0.6) is 0 Å². The lowest BCUT2D eigenvalue weighted by atomic mass is 10.3. The van der Waals surface area contributed by atoms with E-state index in [2.05, 4.69) is 0 Å². The predicted molar refractivity (Wildman–Crippen MR) is 51.2 cm³/mol. The van der Waals surface area contributed by atoms with Crippen LogP contribution in [0, 0.1) is 17.1 Å². The van der Waals surface area contributed by atoms with Crippen molar-refractivity contribution >= 4 is 9.84 Å². The summed E-state index contributed by atoms with van der Waals surface area (Å²) in [4.78, 5) is 0.0166. The predicted octanol–water partition coefficient (Wildman–Crippen LogP) is 1.66. The van der Waals surface area contributed by atoms with Gasteiger partial charge in [-0.3, -0.25) is 0 Å². The van der Waals surface area contributed by atoms with Crippen molar-refractivity contribution in [3.63, 3.8) is 0 Å². The number of halogens is 1. The molecule has 0 atom stereocenters. The molecule has 0 heterocycles. The van der Waals surface area contributed by atoms with Crippen LogP contribution in [0.25, 0.3) is 0 Å². The van der Waals surface area contributed by atoms with E-state index < -0.39 is 20.4 Å². The summed E-state index contributed by atoms with van der Waals surface area (Å²) in [5.41, 5.74) is 0. The Morgan fingerprint density at radius 3 is 2.20 bits per heavy atom. The zero-order valence-electron chi connectivity index (χ0n) is 7.77. The van der Waals surface area contributed by atoms with Gasteiger partial charge in [0.2, 0.25) is 0 Å². The Kier molecular flexibility index (Phi) is 2.05. The molecule has 1 aromatic carbocycles. The van der Waals surface area contributed by atoms with Gasteiger partial charge in [0, 0.05) is 0 Å². The van der Waals surface area contributed by atoms with Gasteiger partial charge in [-0.15, -0.1) is 0 Å². The topological polar surface area (TPSA) is 57.9 Å². The van der Waals surface area contributed by atoms with Gasteiger partial charge in [-0.1, -0.05) is 0 Å². The Bertz CT molecular complexity index is 524. The quantitative estimate of drug-likeness (QED) is 0.719. The summed E-state index contributed by atoms with van der Waals surface area (Å²) in [7, 11) is -3.62. The summed E-state index contributed by atoms with van der Waals surface area (Å²) in [6, 6.07) is 6.38. The van der Waals surface area contributed by atoms with Crippen LogP contribution in [0.1, 0.15) is 12.8 Å². The van der Waals surface area contributed by atoms with Crippen molar-refractivity contribution in [3.05, 3.63) is 30.1 Å². The van der Waals surface area contributed by atoms with Gasteiger partial charge in [-0.2, -0.15) is 5.26 Å². The zero-order valence-corrected chi connectivity index (χ0v) is 8.59. The summed E-state index contributed by atoms with van der Waals surface area (Å²) in [5, 5.41) is 8.80. The first kappa shape index (κ1) is 10.1. The Morgan fingerprint density at radius 2 is 1.80 bits per heavy atom. The van der Waals surface area contributed by atoms with Crippen LogP contribution >= 0.6 is 0 Å². The molecule has 0 aromatic heterocycles. The molecule has 0 radical (unpaired) electrons. The average molecular weight is 225 g/mol. The van der Waals surface area contributed by atoms with Crippen LogP contribution in [0.3, 0.4) is 0 Å². The van der Waals surface area contributed by atoms with Crippen molar-refractivity contribution in [2.24, 2.45) is 0 Å². The molecular formula is C10H8FNO2S. The maximum absolute atomic E-state index is 12.6. The number of nitriles is 1. The largest absolute Gasteiger partial charge is 0.222 e. The van der Waals surface area contributed by atoms with E-state index in [0.717, 1.165) is 12.1 Å². The minimum absolute atomic E-state index is 0.0166. The van der Waals surface area contributed by atoms with Crippen LogP contribution in [0.15, 0.2) is 29.2 Å². The lowest BCUT2D eigenvalue weighted by Crippen LogP contribution is -2.21. The first-order chi connectivity index (χ1) is 7.02. The van der Waals surface area contributed by atoms with Gasteiger partial charge in [0.1, 0.15) is 5.82 Å². The SMILES string of the molecule is N#CC1(S(=O)(=O)c2ccc(F)cc2)CC1. The second kappa shape index (κ2) is 3.04. The van der Waals surface area contributed by atoms with E-state index in [-0.39, 0.29) is 4.90 Å². The van der Waals surface area contributed by atoms with Gasteiger partial charge in [-0.25, -0.2) is 12.8 Å². The molecule has 1 aliphatic carbocycles. The minimum atomic E-state index is -3.62. The second-order valence-electron chi connectivity index (χ2n) is 3.56. The maximum Gasteiger partial charge on any atom is 0.197 e. The van der Waals surface area contributed by atoms with Crippen molar-refractivity contribution in [2.75, 3.05) is 0 Å². The Morgan fingerprint density at radius 1 is 1.27 bits per heavy atom. The molecule has 2 rings (SSSR count). The molecule has 0 spiro atoms. The second-order valence-corrected chi connectivity index (χ2v) is 5.82. The molecular weight excluding hydrogens is 217 g/mol. The fourth-order valence-electron chi connectivity index (χ4n) is 1.39. The van der Waals surface area contributed by atoms with Crippen molar-refractivity contribution in [1.82, 2.24) is 0 Å². The van der Waals surface area contributed by atoms with Crippen LogP contribution in [-0.2, 0) is 9.84 Å². The standard InChI is InChI=1S/C10H8FNO2S/c11-8-1-3-9(4-2-8)15(13,14)10(7-12)5-6-10/h1-4H,5-6H2.